The van der Waals surface area contributed by atoms with Crippen molar-refractivity contribution < 1.29 is 4.42 Å². The molecule has 6 aromatic carbocycles. The van der Waals surface area contributed by atoms with Crippen LogP contribution in [-0.4, -0.2) is 4.57 Å². The van der Waals surface area contributed by atoms with Crippen molar-refractivity contribution in [3.8, 4) is 34.0 Å². The third kappa shape index (κ3) is 3.13. The van der Waals surface area contributed by atoms with E-state index in [2.05, 4.69) is 134 Å². The van der Waals surface area contributed by atoms with Gasteiger partial charge in [-0.25, -0.2) is 0 Å². The van der Waals surface area contributed by atoms with E-state index in [-0.39, 0.29) is 5.41 Å². The summed E-state index contributed by atoms with van der Waals surface area (Å²) in [7, 11) is 0. The van der Waals surface area contributed by atoms with E-state index in [1.54, 1.807) is 0 Å². The molecule has 0 amide bonds. The molecule has 0 fully saturated rings. The van der Waals surface area contributed by atoms with E-state index in [9.17, 15) is 5.26 Å². The molecule has 9 rings (SSSR count). The van der Waals surface area contributed by atoms with Crippen LogP contribution in [0, 0.1) is 11.3 Å². The summed E-state index contributed by atoms with van der Waals surface area (Å²) in [4.78, 5) is 0. The molecule has 0 spiro atoms. The summed E-state index contributed by atoms with van der Waals surface area (Å²) in [5.74, 6) is 0. The van der Waals surface area contributed by atoms with Gasteiger partial charge in [0.15, 0.2) is 0 Å². The van der Waals surface area contributed by atoms with Crippen LogP contribution in [0.3, 0.4) is 0 Å². The van der Waals surface area contributed by atoms with Crippen LogP contribution in [0.15, 0.2) is 126 Å². The van der Waals surface area contributed by atoms with Crippen LogP contribution < -0.4 is 0 Å². The SMILES string of the molecule is CC1(C)c2ccccc2-c2c1ccc1c2oc2ccc(-c3cccc(C#N)c3-n3c4ccccc4c4ccccc43)cc21. The molecule has 3 nitrogen and oxygen atoms in total. The summed E-state index contributed by atoms with van der Waals surface area (Å²) in [5, 5.41) is 14.9. The number of para-hydroxylation sites is 3. The largest absolute Gasteiger partial charge is 0.455 e. The van der Waals surface area contributed by atoms with Crippen molar-refractivity contribution in [2.75, 3.05) is 0 Å². The maximum atomic E-state index is 10.3. The molecule has 1 aliphatic rings. The number of nitriles is 1. The number of fused-ring (bicyclic) bond motifs is 10. The van der Waals surface area contributed by atoms with Crippen LogP contribution in [0.1, 0.15) is 30.5 Å². The first kappa shape index (κ1) is 24.1. The molecule has 0 aliphatic heterocycles. The average molecular weight is 551 g/mol. The van der Waals surface area contributed by atoms with Gasteiger partial charge in [0.25, 0.3) is 0 Å². The summed E-state index contributed by atoms with van der Waals surface area (Å²) in [6, 6.07) is 45.0. The lowest BCUT2D eigenvalue weighted by molar-refractivity contribution is 0.653. The Balaban J connectivity index is 1.33. The molecule has 3 heteroatoms. The van der Waals surface area contributed by atoms with Gasteiger partial charge < -0.3 is 8.98 Å². The highest BCUT2D eigenvalue weighted by Gasteiger charge is 2.37. The predicted molar refractivity (Wildman–Crippen MR) is 176 cm³/mol. The van der Waals surface area contributed by atoms with Crippen molar-refractivity contribution in [1.29, 1.82) is 5.26 Å². The lowest BCUT2D eigenvalue weighted by atomic mass is 9.82. The van der Waals surface area contributed by atoms with Crippen LogP contribution in [-0.2, 0) is 5.41 Å². The molecule has 2 aromatic heterocycles. The number of hydrogen-bond donors (Lipinski definition) is 0. The number of aromatic nitrogens is 1. The Morgan fingerprint density at radius 2 is 1.33 bits per heavy atom. The summed E-state index contributed by atoms with van der Waals surface area (Å²) >= 11 is 0. The second kappa shape index (κ2) is 8.47. The minimum Gasteiger partial charge on any atom is -0.455 e. The quantitative estimate of drug-likeness (QED) is 0.215. The smallest absolute Gasteiger partial charge is 0.143 e. The first-order valence-electron chi connectivity index (χ1n) is 14.7. The van der Waals surface area contributed by atoms with Gasteiger partial charge in [-0.3, -0.25) is 0 Å². The van der Waals surface area contributed by atoms with Crippen LogP contribution in [0.25, 0.3) is 71.7 Å². The van der Waals surface area contributed by atoms with Crippen LogP contribution in [0.4, 0.5) is 0 Å². The highest BCUT2D eigenvalue weighted by Crippen LogP contribution is 2.52. The number of hydrogen-bond acceptors (Lipinski definition) is 2. The topological polar surface area (TPSA) is 41.9 Å². The van der Waals surface area contributed by atoms with Gasteiger partial charge in [-0.1, -0.05) is 105 Å². The fourth-order valence-corrected chi connectivity index (χ4v) is 7.46. The zero-order valence-electron chi connectivity index (χ0n) is 23.8. The van der Waals surface area contributed by atoms with E-state index in [1.807, 2.05) is 12.1 Å². The minimum atomic E-state index is -0.0841. The average Bonchev–Trinajstić information content (AvgIpc) is 3.66. The molecular formula is C40H26N2O. The number of benzene rings is 6. The normalized spacial score (nSPS) is 13.5. The van der Waals surface area contributed by atoms with Gasteiger partial charge in [0.1, 0.15) is 17.2 Å². The molecule has 0 atom stereocenters. The van der Waals surface area contributed by atoms with E-state index < -0.39 is 0 Å². The molecule has 0 bridgehead atoms. The second-order valence-corrected chi connectivity index (χ2v) is 12.0. The van der Waals surface area contributed by atoms with Crippen LogP contribution >= 0.6 is 0 Å². The Kier molecular flexibility index (Phi) is 4.74. The Hall–Kier alpha value is -5.59. The van der Waals surface area contributed by atoms with E-state index in [1.165, 1.54) is 33.0 Å². The number of nitrogens with zero attached hydrogens (tertiary/aromatic N) is 2. The van der Waals surface area contributed by atoms with Crippen molar-refractivity contribution in [3.05, 3.63) is 138 Å². The zero-order valence-corrected chi connectivity index (χ0v) is 23.8. The monoisotopic (exact) mass is 550 g/mol. The second-order valence-electron chi connectivity index (χ2n) is 12.0. The highest BCUT2D eigenvalue weighted by molar-refractivity contribution is 6.13. The lowest BCUT2D eigenvalue weighted by Gasteiger charge is -2.21. The molecule has 202 valence electrons. The number of furan rings is 1. The van der Waals surface area contributed by atoms with E-state index in [0.717, 1.165) is 49.8 Å². The molecule has 0 N–H and O–H groups in total. The summed E-state index contributed by atoms with van der Waals surface area (Å²) in [5.41, 5.74) is 12.6. The molecule has 43 heavy (non-hydrogen) atoms. The van der Waals surface area contributed by atoms with Crippen molar-refractivity contribution in [2.24, 2.45) is 0 Å². The van der Waals surface area contributed by atoms with Crippen LogP contribution in [0.2, 0.25) is 0 Å². The van der Waals surface area contributed by atoms with E-state index in [0.29, 0.717) is 5.56 Å². The van der Waals surface area contributed by atoms with Gasteiger partial charge in [-0.05, 0) is 52.6 Å². The van der Waals surface area contributed by atoms with Crippen LogP contribution in [0.5, 0.6) is 0 Å². The molecule has 2 heterocycles. The van der Waals surface area contributed by atoms with Crippen molar-refractivity contribution in [3.63, 3.8) is 0 Å². The first-order chi connectivity index (χ1) is 21.1. The maximum Gasteiger partial charge on any atom is 0.143 e. The van der Waals surface area contributed by atoms with Gasteiger partial charge in [-0.2, -0.15) is 5.26 Å². The molecule has 1 aliphatic carbocycles. The fraction of sp³-hybridized carbons (Fsp3) is 0.0750. The Bertz CT molecular complexity index is 2450. The minimum absolute atomic E-state index is 0.0841. The third-order valence-electron chi connectivity index (χ3n) is 9.45. The van der Waals surface area contributed by atoms with E-state index >= 15 is 0 Å². The summed E-state index contributed by atoms with van der Waals surface area (Å²) in [6.07, 6.45) is 0. The Morgan fingerprint density at radius 1 is 0.628 bits per heavy atom. The molecule has 0 radical (unpaired) electrons. The van der Waals surface area contributed by atoms with Gasteiger partial charge in [0, 0.05) is 38.1 Å². The number of rotatable bonds is 2. The van der Waals surface area contributed by atoms with Crippen molar-refractivity contribution in [1.82, 2.24) is 4.57 Å². The molecule has 0 saturated carbocycles. The van der Waals surface area contributed by atoms with Gasteiger partial charge in [0.2, 0.25) is 0 Å². The first-order valence-corrected chi connectivity index (χ1v) is 14.7. The fourth-order valence-electron chi connectivity index (χ4n) is 7.46. The van der Waals surface area contributed by atoms with Crippen molar-refractivity contribution >= 4 is 43.7 Å². The predicted octanol–water partition coefficient (Wildman–Crippen LogP) is 10.5. The maximum absolute atomic E-state index is 10.3. The Labute approximate surface area is 248 Å². The summed E-state index contributed by atoms with van der Waals surface area (Å²) < 4.78 is 8.89. The van der Waals surface area contributed by atoms with E-state index in [4.69, 9.17) is 4.42 Å². The standard InChI is InChI=1S/C40H26N2O/c1-40(2)32-15-6-3-13-30(32)37-33(40)20-19-29-31-22-24(18-21-36(31)43-39(29)37)26-14-9-10-25(23-41)38(26)42-34-16-7-4-11-27(34)28-12-5-8-17-35(28)42/h3-22H,1-2H3. The van der Waals surface area contributed by atoms with Crippen molar-refractivity contribution in [2.45, 2.75) is 19.3 Å². The molecular weight excluding hydrogens is 524 g/mol. The van der Waals surface area contributed by atoms with Gasteiger partial charge >= 0.3 is 0 Å². The zero-order chi connectivity index (χ0) is 28.9. The summed E-state index contributed by atoms with van der Waals surface area (Å²) in [6.45, 7) is 4.59. The van der Waals surface area contributed by atoms with Gasteiger partial charge in [-0.15, -0.1) is 0 Å². The Morgan fingerprint density at radius 3 is 2.09 bits per heavy atom. The third-order valence-corrected chi connectivity index (χ3v) is 9.45. The molecule has 0 unspecified atom stereocenters. The van der Waals surface area contributed by atoms with Gasteiger partial charge in [0.05, 0.1) is 22.3 Å². The molecule has 8 aromatic rings. The lowest BCUT2D eigenvalue weighted by Crippen LogP contribution is -2.14. The highest BCUT2D eigenvalue weighted by atomic mass is 16.3. The molecule has 0 saturated heterocycles.